The normalized spacial score (nSPS) is 17.7. The Morgan fingerprint density at radius 3 is 2.73 bits per heavy atom. The zero-order valence-electron chi connectivity index (χ0n) is 12.8. The third kappa shape index (κ3) is 3.60. The number of nitrogens with zero attached hydrogens (tertiary/aromatic N) is 1. The van der Waals surface area contributed by atoms with Gasteiger partial charge >= 0.3 is 6.03 Å². The molecular formula is C15H21N3O4. The first kappa shape index (κ1) is 15.9. The molecule has 0 aliphatic carbocycles. The lowest BCUT2D eigenvalue weighted by Gasteiger charge is -2.31. The number of ether oxygens (including phenoxy) is 2. The van der Waals surface area contributed by atoms with Gasteiger partial charge in [0, 0.05) is 19.2 Å². The van der Waals surface area contributed by atoms with Gasteiger partial charge in [0.25, 0.3) is 0 Å². The van der Waals surface area contributed by atoms with Gasteiger partial charge < -0.3 is 25.4 Å². The molecule has 120 valence electrons. The summed E-state index contributed by atoms with van der Waals surface area (Å²) in [6.07, 6.45) is 1.49. The van der Waals surface area contributed by atoms with Crippen LogP contribution in [0.25, 0.3) is 0 Å². The highest BCUT2D eigenvalue weighted by Gasteiger charge is 2.27. The number of hydrogen-bond acceptors (Lipinski definition) is 4. The zero-order chi connectivity index (χ0) is 16.1. The molecule has 1 aromatic rings. The molecular weight excluding hydrogens is 286 g/mol. The van der Waals surface area contributed by atoms with Crippen LogP contribution in [-0.4, -0.2) is 44.1 Å². The van der Waals surface area contributed by atoms with Gasteiger partial charge in [-0.1, -0.05) is 0 Å². The van der Waals surface area contributed by atoms with E-state index in [-0.39, 0.29) is 17.9 Å². The van der Waals surface area contributed by atoms with Gasteiger partial charge in [0.05, 0.1) is 25.8 Å². The Morgan fingerprint density at radius 2 is 2.09 bits per heavy atom. The number of piperidine rings is 1. The number of urea groups is 1. The summed E-state index contributed by atoms with van der Waals surface area (Å²) in [5, 5.41) is 2.80. The summed E-state index contributed by atoms with van der Waals surface area (Å²) in [7, 11) is 3.08. The minimum absolute atomic E-state index is 0.269. The zero-order valence-corrected chi connectivity index (χ0v) is 12.8. The van der Waals surface area contributed by atoms with Gasteiger partial charge in [-0.05, 0) is 25.0 Å². The number of primary amides is 1. The van der Waals surface area contributed by atoms with E-state index in [1.54, 1.807) is 30.2 Å². The number of benzene rings is 1. The third-order valence-corrected chi connectivity index (χ3v) is 3.76. The number of carbonyl (C=O) groups is 2. The van der Waals surface area contributed by atoms with E-state index in [4.69, 9.17) is 15.2 Å². The molecule has 3 N–H and O–H groups in total. The van der Waals surface area contributed by atoms with Crippen LogP contribution in [-0.2, 0) is 4.79 Å². The molecule has 22 heavy (non-hydrogen) atoms. The van der Waals surface area contributed by atoms with Gasteiger partial charge in [-0.25, -0.2) is 4.79 Å². The van der Waals surface area contributed by atoms with E-state index in [0.717, 1.165) is 12.8 Å². The molecule has 0 aromatic heterocycles. The molecule has 1 saturated heterocycles. The monoisotopic (exact) mass is 307 g/mol. The van der Waals surface area contributed by atoms with Crippen molar-refractivity contribution in [2.45, 2.75) is 12.8 Å². The molecule has 1 heterocycles. The molecule has 1 aliphatic rings. The smallest absolute Gasteiger partial charge is 0.321 e. The minimum atomic E-state index is -0.362. The summed E-state index contributed by atoms with van der Waals surface area (Å²) in [6.45, 7) is 0.952. The molecule has 1 unspecified atom stereocenters. The van der Waals surface area contributed by atoms with Crippen LogP contribution >= 0.6 is 0 Å². The maximum atomic E-state index is 12.3. The minimum Gasteiger partial charge on any atom is -0.497 e. The molecule has 2 rings (SSSR count). The molecule has 0 radical (unpaired) electrons. The number of anilines is 1. The van der Waals surface area contributed by atoms with E-state index < -0.39 is 0 Å². The highest BCUT2D eigenvalue weighted by molar-refractivity contribution is 5.91. The Kier molecular flexibility index (Phi) is 5.08. The van der Waals surface area contributed by atoms with E-state index in [1.165, 1.54) is 7.11 Å². The van der Waals surface area contributed by atoms with Crippen molar-refractivity contribution in [2.24, 2.45) is 11.7 Å². The molecule has 0 spiro atoms. The molecule has 3 amide bonds. The highest BCUT2D eigenvalue weighted by Crippen LogP contribution is 2.29. The largest absolute Gasteiger partial charge is 0.497 e. The highest BCUT2D eigenvalue weighted by atomic mass is 16.5. The van der Waals surface area contributed by atoms with Crippen LogP contribution < -0.4 is 20.5 Å². The SMILES string of the molecule is COc1ccc(NC(=O)N2CCCC(C(N)=O)C2)c(OC)c1. The fourth-order valence-corrected chi connectivity index (χ4v) is 2.49. The van der Waals surface area contributed by atoms with Crippen LogP contribution in [0, 0.1) is 5.92 Å². The second-order valence-corrected chi connectivity index (χ2v) is 5.18. The third-order valence-electron chi connectivity index (χ3n) is 3.76. The summed E-state index contributed by atoms with van der Waals surface area (Å²) < 4.78 is 10.4. The quantitative estimate of drug-likeness (QED) is 0.880. The van der Waals surface area contributed by atoms with Crippen molar-refractivity contribution in [1.29, 1.82) is 0 Å². The average molecular weight is 307 g/mol. The summed E-state index contributed by atoms with van der Waals surface area (Å²) >= 11 is 0. The maximum Gasteiger partial charge on any atom is 0.321 e. The number of amides is 3. The molecule has 0 bridgehead atoms. The Balaban J connectivity index is 2.06. The second kappa shape index (κ2) is 7.02. The fourth-order valence-electron chi connectivity index (χ4n) is 2.49. The Bertz CT molecular complexity index is 562. The van der Waals surface area contributed by atoms with E-state index in [9.17, 15) is 9.59 Å². The number of nitrogens with two attached hydrogens (primary N) is 1. The molecule has 7 nitrogen and oxygen atoms in total. The van der Waals surface area contributed by atoms with Gasteiger partial charge in [0.15, 0.2) is 0 Å². The van der Waals surface area contributed by atoms with Crippen molar-refractivity contribution in [1.82, 2.24) is 4.90 Å². The van der Waals surface area contributed by atoms with Crippen LogP contribution in [0.15, 0.2) is 18.2 Å². The Labute approximate surface area is 129 Å². The topological polar surface area (TPSA) is 93.9 Å². The average Bonchev–Trinajstić information content (AvgIpc) is 2.55. The van der Waals surface area contributed by atoms with E-state index in [2.05, 4.69) is 5.32 Å². The fraction of sp³-hybridized carbons (Fsp3) is 0.467. The van der Waals surface area contributed by atoms with Gasteiger partial charge in [-0.3, -0.25) is 4.79 Å². The van der Waals surface area contributed by atoms with E-state index in [1.807, 2.05) is 0 Å². The molecule has 0 saturated carbocycles. The molecule has 7 heteroatoms. The van der Waals surface area contributed by atoms with Gasteiger partial charge in [-0.2, -0.15) is 0 Å². The van der Waals surface area contributed by atoms with Crippen molar-refractivity contribution >= 4 is 17.6 Å². The number of carbonyl (C=O) groups excluding carboxylic acids is 2. The van der Waals surface area contributed by atoms with Crippen LogP contribution in [0.3, 0.4) is 0 Å². The number of hydrogen-bond donors (Lipinski definition) is 2. The summed E-state index contributed by atoms with van der Waals surface area (Å²) in [6, 6.07) is 4.87. The van der Waals surface area contributed by atoms with Crippen molar-refractivity contribution in [3.8, 4) is 11.5 Å². The Hall–Kier alpha value is -2.44. The second-order valence-electron chi connectivity index (χ2n) is 5.18. The van der Waals surface area contributed by atoms with Gasteiger partial charge in [0.2, 0.25) is 5.91 Å². The molecule has 1 atom stereocenters. The first-order valence-corrected chi connectivity index (χ1v) is 7.12. The lowest BCUT2D eigenvalue weighted by atomic mass is 9.98. The number of likely N-dealkylation sites (tertiary alicyclic amines) is 1. The predicted octanol–water partition coefficient (Wildman–Crippen LogP) is 1.43. The van der Waals surface area contributed by atoms with Crippen molar-refractivity contribution in [3.63, 3.8) is 0 Å². The molecule has 1 aromatic carbocycles. The lowest BCUT2D eigenvalue weighted by Crippen LogP contribution is -2.45. The first-order valence-electron chi connectivity index (χ1n) is 7.12. The number of methoxy groups -OCH3 is 2. The lowest BCUT2D eigenvalue weighted by molar-refractivity contribution is -0.123. The van der Waals surface area contributed by atoms with Crippen molar-refractivity contribution < 1.29 is 19.1 Å². The van der Waals surface area contributed by atoms with Crippen molar-refractivity contribution in [2.75, 3.05) is 32.6 Å². The van der Waals surface area contributed by atoms with Gasteiger partial charge in [0.1, 0.15) is 11.5 Å². The number of rotatable bonds is 4. The van der Waals surface area contributed by atoms with Crippen LogP contribution in [0.1, 0.15) is 12.8 Å². The van der Waals surface area contributed by atoms with Crippen LogP contribution in [0.5, 0.6) is 11.5 Å². The standard InChI is InChI=1S/C15H21N3O4/c1-21-11-5-6-12(13(8-11)22-2)17-15(20)18-7-3-4-10(9-18)14(16)19/h5-6,8,10H,3-4,7,9H2,1-2H3,(H2,16,19)(H,17,20). The Morgan fingerprint density at radius 1 is 1.32 bits per heavy atom. The van der Waals surface area contributed by atoms with Gasteiger partial charge in [-0.15, -0.1) is 0 Å². The summed E-state index contributed by atoms with van der Waals surface area (Å²) in [5.74, 6) is 0.509. The summed E-state index contributed by atoms with van der Waals surface area (Å²) in [4.78, 5) is 25.2. The predicted molar refractivity (Wildman–Crippen MR) is 82.1 cm³/mol. The summed E-state index contributed by atoms with van der Waals surface area (Å²) in [5.41, 5.74) is 5.88. The van der Waals surface area contributed by atoms with E-state index in [0.29, 0.717) is 30.3 Å². The van der Waals surface area contributed by atoms with E-state index >= 15 is 0 Å². The number of nitrogens with one attached hydrogen (secondary N) is 1. The van der Waals surface area contributed by atoms with Crippen molar-refractivity contribution in [3.05, 3.63) is 18.2 Å². The molecule has 1 aliphatic heterocycles. The van der Waals surface area contributed by atoms with Crippen LogP contribution in [0.4, 0.5) is 10.5 Å². The maximum absolute atomic E-state index is 12.3. The van der Waals surface area contributed by atoms with Crippen LogP contribution in [0.2, 0.25) is 0 Å². The molecule has 1 fully saturated rings. The first-order chi connectivity index (χ1) is 10.5.